The number of amides is 1. The zero-order valence-electron chi connectivity index (χ0n) is 9.40. The molecule has 2 rings (SSSR count). The number of H-pyrrole nitrogens is 1. The quantitative estimate of drug-likeness (QED) is 0.721. The van der Waals surface area contributed by atoms with Crippen LogP contribution in [0.3, 0.4) is 0 Å². The molecule has 2 aromatic heterocycles. The van der Waals surface area contributed by atoms with Crippen LogP contribution in [-0.4, -0.2) is 21.1 Å². The number of carbonyl (C=O) groups excluding carboxylic acids is 1. The van der Waals surface area contributed by atoms with Crippen molar-refractivity contribution in [1.82, 2.24) is 20.5 Å². The highest BCUT2D eigenvalue weighted by atomic mass is 16.1. The van der Waals surface area contributed by atoms with Crippen molar-refractivity contribution in [2.24, 2.45) is 0 Å². The number of hydrogen-bond acceptors (Lipinski definition) is 4. The first-order chi connectivity index (χ1) is 8.18. The molecule has 0 fully saturated rings. The maximum atomic E-state index is 11.8. The van der Waals surface area contributed by atoms with Crippen LogP contribution < -0.4 is 11.1 Å². The van der Waals surface area contributed by atoms with Gasteiger partial charge in [-0.2, -0.15) is 5.10 Å². The summed E-state index contributed by atoms with van der Waals surface area (Å²) < 4.78 is 0. The van der Waals surface area contributed by atoms with Gasteiger partial charge in [0.25, 0.3) is 5.91 Å². The van der Waals surface area contributed by atoms with Crippen LogP contribution in [0.2, 0.25) is 0 Å². The molecule has 6 heteroatoms. The van der Waals surface area contributed by atoms with E-state index < -0.39 is 0 Å². The van der Waals surface area contributed by atoms with E-state index in [1.807, 2.05) is 0 Å². The van der Waals surface area contributed by atoms with Gasteiger partial charge < -0.3 is 11.1 Å². The fourth-order valence-electron chi connectivity index (χ4n) is 1.46. The minimum Gasteiger partial charge on any atom is -0.384 e. The Balaban J connectivity index is 2.04. The van der Waals surface area contributed by atoms with Gasteiger partial charge in [0.05, 0.1) is 11.8 Å². The van der Waals surface area contributed by atoms with Gasteiger partial charge >= 0.3 is 0 Å². The number of anilines is 1. The van der Waals surface area contributed by atoms with Crippen molar-refractivity contribution in [3.63, 3.8) is 0 Å². The molecule has 0 aliphatic carbocycles. The maximum absolute atomic E-state index is 11.8. The lowest BCUT2D eigenvalue weighted by Gasteiger charge is -2.06. The molecule has 0 bridgehead atoms. The summed E-state index contributed by atoms with van der Waals surface area (Å²) in [5, 5.41) is 9.15. The Morgan fingerprint density at radius 3 is 3.06 bits per heavy atom. The van der Waals surface area contributed by atoms with Crippen LogP contribution in [0.15, 0.2) is 24.5 Å². The van der Waals surface area contributed by atoms with E-state index in [2.05, 4.69) is 20.5 Å². The fraction of sp³-hybridized carbons (Fsp3) is 0.182. The summed E-state index contributed by atoms with van der Waals surface area (Å²) in [4.78, 5) is 15.9. The molecule has 0 saturated heterocycles. The number of nitrogen functional groups attached to an aromatic ring is 1. The van der Waals surface area contributed by atoms with Crippen LogP contribution in [0.1, 0.15) is 21.6 Å². The van der Waals surface area contributed by atoms with Crippen molar-refractivity contribution in [2.45, 2.75) is 13.5 Å². The number of aromatic nitrogens is 3. The second kappa shape index (κ2) is 4.65. The molecule has 4 N–H and O–H groups in total. The predicted octanol–water partition coefficient (Wildman–Crippen LogP) is 0.625. The second-order valence-electron chi connectivity index (χ2n) is 3.63. The Labute approximate surface area is 98.3 Å². The third-order valence-corrected chi connectivity index (χ3v) is 2.44. The number of rotatable bonds is 3. The number of nitrogens with one attached hydrogen (secondary N) is 2. The molecule has 0 aliphatic rings. The topological polar surface area (TPSA) is 96.7 Å². The first-order valence-corrected chi connectivity index (χ1v) is 5.16. The minimum absolute atomic E-state index is 0.170. The van der Waals surface area contributed by atoms with Crippen molar-refractivity contribution < 1.29 is 4.79 Å². The molecule has 0 radical (unpaired) electrons. The summed E-state index contributed by atoms with van der Waals surface area (Å²) in [6.07, 6.45) is 3.24. The monoisotopic (exact) mass is 231 g/mol. The number of nitrogens with zero attached hydrogens (tertiary/aromatic N) is 2. The summed E-state index contributed by atoms with van der Waals surface area (Å²) >= 11 is 0. The zero-order chi connectivity index (χ0) is 12.3. The smallest absolute Gasteiger partial charge is 0.253 e. The molecule has 0 aromatic carbocycles. The average molecular weight is 231 g/mol. The summed E-state index contributed by atoms with van der Waals surface area (Å²) in [6.45, 7) is 2.14. The van der Waals surface area contributed by atoms with Crippen LogP contribution >= 0.6 is 0 Å². The molecular formula is C11H13N5O. The van der Waals surface area contributed by atoms with Gasteiger partial charge in [0.1, 0.15) is 5.82 Å². The van der Waals surface area contributed by atoms with E-state index in [0.717, 1.165) is 5.56 Å². The van der Waals surface area contributed by atoms with E-state index in [4.69, 9.17) is 5.73 Å². The highest BCUT2D eigenvalue weighted by Gasteiger charge is 2.09. The lowest BCUT2D eigenvalue weighted by molar-refractivity contribution is 0.0950. The number of aromatic amines is 1. The summed E-state index contributed by atoms with van der Waals surface area (Å²) in [6, 6.07) is 3.46. The number of pyridine rings is 1. The van der Waals surface area contributed by atoms with E-state index in [9.17, 15) is 4.79 Å². The zero-order valence-corrected chi connectivity index (χ0v) is 9.40. The minimum atomic E-state index is -0.170. The SMILES string of the molecule is Cc1ncccc1C(=O)NCc1cn[nH]c1N. The molecule has 2 aromatic rings. The van der Waals surface area contributed by atoms with Gasteiger partial charge in [-0.25, -0.2) is 0 Å². The van der Waals surface area contributed by atoms with Crippen LogP contribution in [0.25, 0.3) is 0 Å². The fourth-order valence-corrected chi connectivity index (χ4v) is 1.46. The van der Waals surface area contributed by atoms with E-state index in [1.54, 1.807) is 31.5 Å². The Kier molecular flexibility index (Phi) is 3.04. The van der Waals surface area contributed by atoms with Gasteiger partial charge in [-0.1, -0.05) is 0 Å². The standard InChI is InChI=1S/C11H13N5O/c1-7-9(3-2-4-13-7)11(17)14-5-8-6-15-16-10(8)12/h2-4,6H,5H2,1H3,(H,14,17)(H3,12,15,16). The van der Waals surface area contributed by atoms with Crippen molar-refractivity contribution in [2.75, 3.05) is 5.73 Å². The van der Waals surface area contributed by atoms with Crippen LogP contribution in [0.5, 0.6) is 0 Å². The van der Waals surface area contributed by atoms with Crippen molar-refractivity contribution in [3.05, 3.63) is 41.3 Å². The first kappa shape index (κ1) is 11.1. The Morgan fingerprint density at radius 2 is 2.41 bits per heavy atom. The van der Waals surface area contributed by atoms with Crippen LogP contribution in [0.4, 0.5) is 5.82 Å². The average Bonchev–Trinajstić information content (AvgIpc) is 2.72. The second-order valence-corrected chi connectivity index (χ2v) is 3.63. The number of aryl methyl sites for hydroxylation is 1. The molecule has 0 unspecified atom stereocenters. The predicted molar refractivity (Wildman–Crippen MR) is 63.1 cm³/mol. The summed E-state index contributed by atoms with van der Waals surface area (Å²) in [5.41, 5.74) is 7.64. The largest absolute Gasteiger partial charge is 0.384 e. The van der Waals surface area contributed by atoms with Crippen LogP contribution in [-0.2, 0) is 6.54 Å². The highest BCUT2D eigenvalue weighted by Crippen LogP contribution is 2.07. The van der Waals surface area contributed by atoms with Gasteiger partial charge in [-0.15, -0.1) is 0 Å². The van der Waals surface area contributed by atoms with Gasteiger partial charge in [0.15, 0.2) is 0 Å². The first-order valence-electron chi connectivity index (χ1n) is 5.16. The molecule has 17 heavy (non-hydrogen) atoms. The van der Waals surface area contributed by atoms with E-state index in [1.165, 1.54) is 0 Å². The van der Waals surface area contributed by atoms with Gasteiger partial charge in [-0.3, -0.25) is 14.9 Å². The normalized spacial score (nSPS) is 10.2. The molecule has 88 valence electrons. The molecule has 2 heterocycles. The van der Waals surface area contributed by atoms with Gasteiger partial charge in [0.2, 0.25) is 0 Å². The number of hydrogen-bond donors (Lipinski definition) is 3. The van der Waals surface area contributed by atoms with Crippen molar-refractivity contribution in [1.29, 1.82) is 0 Å². The van der Waals surface area contributed by atoms with Crippen LogP contribution in [0, 0.1) is 6.92 Å². The molecule has 0 saturated carbocycles. The molecule has 1 amide bonds. The summed E-state index contributed by atoms with van der Waals surface area (Å²) in [5.74, 6) is 0.296. The highest BCUT2D eigenvalue weighted by molar-refractivity contribution is 5.95. The van der Waals surface area contributed by atoms with Gasteiger partial charge in [-0.05, 0) is 19.1 Å². The van der Waals surface area contributed by atoms with E-state index in [0.29, 0.717) is 23.6 Å². The lowest BCUT2D eigenvalue weighted by Crippen LogP contribution is -2.24. The molecular weight excluding hydrogens is 218 g/mol. The Hall–Kier alpha value is -2.37. The third-order valence-electron chi connectivity index (χ3n) is 2.44. The maximum Gasteiger partial charge on any atom is 0.253 e. The molecule has 6 nitrogen and oxygen atoms in total. The molecule has 0 atom stereocenters. The Bertz CT molecular complexity index is 534. The van der Waals surface area contributed by atoms with Crippen molar-refractivity contribution >= 4 is 11.7 Å². The van der Waals surface area contributed by atoms with E-state index in [-0.39, 0.29) is 5.91 Å². The van der Waals surface area contributed by atoms with E-state index >= 15 is 0 Å². The lowest BCUT2D eigenvalue weighted by atomic mass is 10.2. The third kappa shape index (κ3) is 2.41. The Morgan fingerprint density at radius 1 is 1.59 bits per heavy atom. The number of carbonyl (C=O) groups is 1. The summed E-state index contributed by atoms with van der Waals surface area (Å²) in [7, 11) is 0. The molecule has 0 spiro atoms. The number of nitrogens with two attached hydrogens (primary N) is 1. The molecule has 0 aliphatic heterocycles. The van der Waals surface area contributed by atoms with Crippen molar-refractivity contribution in [3.8, 4) is 0 Å². The van der Waals surface area contributed by atoms with Gasteiger partial charge in [0, 0.05) is 24.0 Å².